The minimum Gasteiger partial charge on any atom is -0.347 e. The highest BCUT2D eigenvalue weighted by Gasteiger charge is 2.14. The maximum Gasteiger partial charge on any atom is 0.227 e. The number of likely N-dealkylation sites (N-methyl/N-ethyl adjacent to an activating group) is 1. The Morgan fingerprint density at radius 2 is 2.10 bits per heavy atom. The van der Waals surface area contributed by atoms with E-state index in [0.717, 1.165) is 17.8 Å². The lowest BCUT2D eigenvalue weighted by Crippen LogP contribution is -2.28. The molecule has 1 heterocycles. The molecule has 0 atom stereocenters. The normalized spacial score (nSPS) is 13.8. The summed E-state index contributed by atoms with van der Waals surface area (Å²) in [6.45, 7) is 0.525. The number of benzene rings is 1. The number of rotatable bonds is 4. The Labute approximate surface area is 125 Å². The summed E-state index contributed by atoms with van der Waals surface area (Å²) in [7, 11) is 1.82. The summed E-state index contributed by atoms with van der Waals surface area (Å²) in [6.07, 6.45) is 8.83. The summed E-state index contributed by atoms with van der Waals surface area (Å²) in [6, 6.07) is 6.51. The van der Waals surface area contributed by atoms with Crippen LogP contribution in [0.2, 0.25) is 0 Å². The van der Waals surface area contributed by atoms with Crippen molar-refractivity contribution in [3.8, 4) is 0 Å². The van der Waals surface area contributed by atoms with Crippen LogP contribution in [0.3, 0.4) is 0 Å². The van der Waals surface area contributed by atoms with Crippen LogP contribution in [0.4, 0.5) is 0 Å². The first kappa shape index (κ1) is 13.9. The topological polar surface area (TPSA) is 49.0 Å². The zero-order valence-electron chi connectivity index (χ0n) is 12.4. The van der Waals surface area contributed by atoms with Crippen LogP contribution < -0.4 is 0 Å². The molecule has 0 unspecified atom stereocenters. The van der Waals surface area contributed by atoms with Gasteiger partial charge in [0, 0.05) is 19.4 Å². The van der Waals surface area contributed by atoms with Crippen molar-refractivity contribution in [1.82, 2.24) is 14.9 Å². The van der Waals surface area contributed by atoms with E-state index in [2.05, 4.69) is 28.2 Å². The van der Waals surface area contributed by atoms with Gasteiger partial charge in [-0.05, 0) is 42.4 Å². The lowest BCUT2D eigenvalue weighted by atomic mass is 9.90. The van der Waals surface area contributed by atoms with Crippen molar-refractivity contribution >= 4 is 5.91 Å². The van der Waals surface area contributed by atoms with Gasteiger partial charge in [0.1, 0.15) is 5.82 Å². The smallest absolute Gasteiger partial charge is 0.227 e. The van der Waals surface area contributed by atoms with Crippen molar-refractivity contribution in [2.75, 3.05) is 7.05 Å². The lowest BCUT2D eigenvalue weighted by molar-refractivity contribution is -0.129. The number of nitrogens with one attached hydrogen (secondary N) is 1. The van der Waals surface area contributed by atoms with E-state index in [1.54, 1.807) is 17.3 Å². The Bertz CT molecular complexity index is 619. The summed E-state index contributed by atoms with van der Waals surface area (Å²) in [5, 5.41) is 0. The monoisotopic (exact) mass is 283 g/mol. The van der Waals surface area contributed by atoms with Gasteiger partial charge in [-0.25, -0.2) is 4.98 Å². The number of amides is 1. The van der Waals surface area contributed by atoms with Crippen molar-refractivity contribution in [3.05, 3.63) is 53.1 Å². The lowest BCUT2D eigenvalue weighted by Gasteiger charge is -2.18. The molecule has 21 heavy (non-hydrogen) atoms. The van der Waals surface area contributed by atoms with E-state index >= 15 is 0 Å². The number of aromatic nitrogens is 2. The number of nitrogens with zero attached hydrogens (tertiary/aromatic N) is 2. The predicted molar refractivity (Wildman–Crippen MR) is 81.8 cm³/mol. The first-order valence-corrected chi connectivity index (χ1v) is 7.55. The zero-order chi connectivity index (χ0) is 14.7. The second-order valence-electron chi connectivity index (χ2n) is 5.77. The molecule has 0 bridgehead atoms. The van der Waals surface area contributed by atoms with E-state index < -0.39 is 0 Å². The van der Waals surface area contributed by atoms with Gasteiger partial charge in [-0.3, -0.25) is 4.79 Å². The highest BCUT2D eigenvalue weighted by Crippen LogP contribution is 2.22. The maximum absolute atomic E-state index is 12.3. The van der Waals surface area contributed by atoms with Gasteiger partial charge in [0.25, 0.3) is 0 Å². The highest BCUT2D eigenvalue weighted by atomic mass is 16.2. The minimum atomic E-state index is 0.127. The average Bonchev–Trinajstić information content (AvgIpc) is 3.00. The van der Waals surface area contributed by atoms with Crippen LogP contribution in [0.15, 0.2) is 30.6 Å². The van der Waals surface area contributed by atoms with Crippen LogP contribution in [0.25, 0.3) is 0 Å². The van der Waals surface area contributed by atoms with E-state index in [4.69, 9.17) is 0 Å². The van der Waals surface area contributed by atoms with Gasteiger partial charge in [-0.15, -0.1) is 0 Å². The summed E-state index contributed by atoms with van der Waals surface area (Å²) in [5.41, 5.74) is 4.01. The minimum absolute atomic E-state index is 0.127. The quantitative estimate of drug-likeness (QED) is 0.937. The van der Waals surface area contributed by atoms with Gasteiger partial charge in [0.2, 0.25) is 5.91 Å². The molecule has 1 aromatic carbocycles. The molecule has 1 aliphatic carbocycles. The Morgan fingerprint density at radius 3 is 2.86 bits per heavy atom. The molecule has 0 spiro atoms. The number of aryl methyl sites for hydroxylation is 2. The molecule has 0 radical (unpaired) electrons. The predicted octanol–water partition coefficient (Wildman–Crippen LogP) is 2.49. The van der Waals surface area contributed by atoms with E-state index in [1.807, 2.05) is 7.05 Å². The molecule has 1 aromatic heterocycles. The number of carbonyl (C=O) groups is 1. The summed E-state index contributed by atoms with van der Waals surface area (Å²) in [4.78, 5) is 21.2. The molecule has 4 heteroatoms. The van der Waals surface area contributed by atoms with E-state index in [-0.39, 0.29) is 5.91 Å². The fourth-order valence-electron chi connectivity index (χ4n) is 2.90. The van der Waals surface area contributed by atoms with Gasteiger partial charge >= 0.3 is 0 Å². The Balaban J connectivity index is 1.64. The molecule has 0 fully saturated rings. The van der Waals surface area contributed by atoms with Gasteiger partial charge in [-0.1, -0.05) is 18.2 Å². The number of carbonyl (C=O) groups excluding carboxylic acids is 1. The summed E-state index contributed by atoms with van der Waals surface area (Å²) in [5.74, 6) is 0.943. The first-order chi connectivity index (χ1) is 10.2. The molecule has 0 saturated heterocycles. The first-order valence-electron chi connectivity index (χ1n) is 7.55. The van der Waals surface area contributed by atoms with Gasteiger partial charge < -0.3 is 9.88 Å². The molecule has 1 amide bonds. The van der Waals surface area contributed by atoms with Crippen molar-refractivity contribution in [2.45, 2.75) is 38.6 Å². The molecule has 1 N–H and O–H groups in total. The number of hydrogen-bond donors (Lipinski definition) is 1. The molecule has 0 aliphatic heterocycles. The van der Waals surface area contributed by atoms with Gasteiger partial charge in [0.05, 0.1) is 13.0 Å². The third-order valence-electron chi connectivity index (χ3n) is 4.14. The second kappa shape index (κ2) is 6.12. The number of aromatic amines is 1. The Morgan fingerprint density at radius 1 is 1.29 bits per heavy atom. The number of fused-ring (bicyclic) bond motifs is 1. The van der Waals surface area contributed by atoms with Crippen LogP contribution in [0.5, 0.6) is 0 Å². The van der Waals surface area contributed by atoms with Crippen LogP contribution in [0.1, 0.15) is 35.4 Å². The number of hydrogen-bond acceptors (Lipinski definition) is 2. The van der Waals surface area contributed by atoms with Crippen molar-refractivity contribution < 1.29 is 4.79 Å². The van der Waals surface area contributed by atoms with Crippen LogP contribution in [-0.2, 0) is 30.6 Å². The third kappa shape index (κ3) is 3.32. The molecule has 4 nitrogen and oxygen atoms in total. The summed E-state index contributed by atoms with van der Waals surface area (Å²) >= 11 is 0. The van der Waals surface area contributed by atoms with Crippen LogP contribution in [-0.4, -0.2) is 27.8 Å². The van der Waals surface area contributed by atoms with E-state index in [0.29, 0.717) is 13.0 Å². The molecule has 2 aromatic rings. The molecular weight excluding hydrogens is 262 g/mol. The molecule has 110 valence electrons. The standard InChI is InChI=1S/C17H21N3O/c1-20(12-16-18-8-9-19-16)17(21)11-13-6-7-14-4-2-3-5-15(14)10-13/h6-10H,2-5,11-12H2,1H3,(H,18,19). The Hall–Kier alpha value is -2.10. The zero-order valence-corrected chi connectivity index (χ0v) is 12.4. The summed E-state index contributed by atoms with van der Waals surface area (Å²) < 4.78 is 0. The largest absolute Gasteiger partial charge is 0.347 e. The van der Waals surface area contributed by atoms with Gasteiger partial charge in [-0.2, -0.15) is 0 Å². The fourth-order valence-corrected chi connectivity index (χ4v) is 2.90. The maximum atomic E-state index is 12.3. The second-order valence-corrected chi connectivity index (χ2v) is 5.77. The van der Waals surface area contributed by atoms with E-state index in [9.17, 15) is 4.79 Å². The SMILES string of the molecule is CN(Cc1ncc[nH]1)C(=O)Cc1ccc2c(c1)CCCC2. The van der Waals surface area contributed by atoms with Crippen molar-refractivity contribution in [1.29, 1.82) is 0 Å². The van der Waals surface area contributed by atoms with E-state index in [1.165, 1.54) is 30.4 Å². The van der Waals surface area contributed by atoms with Gasteiger partial charge in [0.15, 0.2) is 0 Å². The van der Waals surface area contributed by atoms with Crippen molar-refractivity contribution in [3.63, 3.8) is 0 Å². The molecule has 1 aliphatic rings. The Kier molecular flexibility index (Phi) is 4.04. The fraction of sp³-hybridized carbons (Fsp3) is 0.412. The molecular formula is C17H21N3O. The highest BCUT2D eigenvalue weighted by molar-refractivity contribution is 5.78. The van der Waals surface area contributed by atoms with Crippen LogP contribution >= 0.6 is 0 Å². The average molecular weight is 283 g/mol. The van der Waals surface area contributed by atoms with Crippen molar-refractivity contribution in [2.24, 2.45) is 0 Å². The number of imidazole rings is 1. The third-order valence-corrected chi connectivity index (χ3v) is 4.14. The molecule has 3 rings (SSSR count). The number of H-pyrrole nitrogens is 1. The van der Waals surface area contributed by atoms with Crippen LogP contribution in [0, 0.1) is 0 Å². The molecule has 0 saturated carbocycles.